The van der Waals surface area contributed by atoms with E-state index in [4.69, 9.17) is 27.9 Å². The van der Waals surface area contributed by atoms with Gasteiger partial charge in [-0.25, -0.2) is 0 Å². The smallest absolute Gasteiger partial charge is 0.191 e. The molecule has 7 heteroatoms. The van der Waals surface area contributed by atoms with Crippen LogP contribution in [0.25, 0.3) is 0 Å². The third kappa shape index (κ3) is 5.10. The first-order valence-corrected chi connectivity index (χ1v) is 10.6. The summed E-state index contributed by atoms with van der Waals surface area (Å²) < 4.78 is 8.15. The zero-order valence-corrected chi connectivity index (χ0v) is 18.1. The Bertz CT molecular complexity index is 974. The summed E-state index contributed by atoms with van der Waals surface area (Å²) in [5.41, 5.74) is 2.11. The highest BCUT2D eigenvalue weighted by Crippen LogP contribution is 2.29. The van der Waals surface area contributed by atoms with Crippen molar-refractivity contribution in [2.45, 2.75) is 37.4 Å². The third-order valence-corrected chi connectivity index (χ3v) is 5.63. The molecule has 146 valence electrons. The van der Waals surface area contributed by atoms with Crippen molar-refractivity contribution in [2.24, 2.45) is 0 Å². The number of hydrogen-bond acceptors (Lipinski definition) is 4. The van der Waals surface area contributed by atoms with Crippen LogP contribution in [-0.2, 0) is 12.3 Å². The van der Waals surface area contributed by atoms with E-state index in [2.05, 4.69) is 16.8 Å². The van der Waals surface area contributed by atoms with Crippen LogP contribution in [-0.4, -0.2) is 14.8 Å². The molecule has 28 heavy (non-hydrogen) atoms. The van der Waals surface area contributed by atoms with Gasteiger partial charge in [0.05, 0.1) is 0 Å². The number of hydrogen-bond donors (Lipinski definition) is 0. The molecule has 0 aliphatic carbocycles. The minimum absolute atomic E-state index is 0.271. The lowest BCUT2D eigenvalue weighted by Crippen LogP contribution is -2.12. The van der Waals surface area contributed by atoms with Gasteiger partial charge in [-0.05, 0) is 55.3 Å². The number of ether oxygens (including phenoxy) is 1. The molecule has 3 rings (SSSR count). The van der Waals surface area contributed by atoms with Crippen LogP contribution in [0.5, 0.6) is 5.75 Å². The molecule has 1 aromatic heterocycles. The van der Waals surface area contributed by atoms with E-state index in [1.54, 1.807) is 11.8 Å². The molecule has 1 unspecified atom stereocenters. The van der Waals surface area contributed by atoms with Gasteiger partial charge >= 0.3 is 0 Å². The van der Waals surface area contributed by atoms with Crippen LogP contribution in [0.1, 0.15) is 30.0 Å². The molecule has 0 bridgehead atoms. The predicted octanol–water partition coefficient (Wildman–Crippen LogP) is 6.51. The highest BCUT2D eigenvalue weighted by Gasteiger charge is 2.19. The fourth-order valence-electron chi connectivity index (χ4n) is 2.77. The SMILES string of the molecule is C=CCn1c(SCc2cccc(Cl)c2)nnc1C(C)Oc1ccc(Cl)cc1C. The number of nitrogens with zero attached hydrogens (tertiary/aromatic N) is 3. The van der Waals surface area contributed by atoms with Gasteiger partial charge in [0.15, 0.2) is 17.1 Å². The van der Waals surface area contributed by atoms with E-state index >= 15 is 0 Å². The highest BCUT2D eigenvalue weighted by atomic mass is 35.5. The summed E-state index contributed by atoms with van der Waals surface area (Å²) in [6, 6.07) is 13.4. The van der Waals surface area contributed by atoms with Crippen LogP contribution in [0.4, 0.5) is 0 Å². The van der Waals surface area contributed by atoms with Crippen molar-refractivity contribution in [3.63, 3.8) is 0 Å². The largest absolute Gasteiger partial charge is 0.482 e. The van der Waals surface area contributed by atoms with E-state index in [-0.39, 0.29) is 6.10 Å². The Hall–Kier alpha value is -1.95. The first-order chi connectivity index (χ1) is 13.5. The lowest BCUT2D eigenvalue weighted by Gasteiger charge is -2.17. The van der Waals surface area contributed by atoms with Gasteiger partial charge in [-0.3, -0.25) is 4.57 Å². The Morgan fingerprint density at radius 3 is 2.68 bits per heavy atom. The average Bonchev–Trinajstić information content (AvgIpc) is 3.05. The standard InChI is InChI=1S/C21H21Cl2N3OS/c1-4-10-26-20(15(3)27-19-9-8-18(23)11-14(19)2)24-25-21(26)28-13-16-6-5-7-17(22)12-16/h4-9,11-12,15H,1,10,13H2,2-3H3. The molecule has 0 aliphatic heterocycles. The van der Waals surface area contributed by atoms with E-state index in [0.717, 1.165) is 38.6 Å². The van der Waals surface area contributed by atoms with Gasteiger partial charge in [0.25, 0.3) is 0 Å². The fraction of sp³-hybridized carbons (Fsp3) is 0.238. The van der Waals surface area contributed by atoms with Gasteiger partial charge in [0, 0.05) is 22.3 Å². The molecule has 0 spiro atoms. The van der Waals surface area contributed by atoms with Gasteiger partial charge in [-0.15, -0.1) is 16.8 Å². The number of aromatic nitrogens is 3. The van der Waals surface area contributed by atoms with Crippen molar-refractivity contribution < 1.29 is 4.74 Å². The van der Waals surface area contributed by atoms with Gasteiger partial charge in [-0.2, -0.15) is 0 Å². The van der Waals surface area contributed by atoms with Crippen LogP contribution >= 0.6 is 35.0 Å². The van der Waals surface area contributed by atoms with Gasteiger partial charge in [-0.1, -0.05) is 53.2 Å². The van der Waals surface area contributed by atoms with Crippen LogP contribution in [0, 0.1) is 6.92 Å². The van der Waals surface area contributed by atoms with Crippen LogP contribution < -0.4 is 4.74 Å². The molecule has 2 aromatic carbocycles. The molecule has 0 amide bonds. The number of allylic oxidation sites excluding steroid dienone is 1. The van der Waals surface area contributed by atoms with E-state index < -0.39 is 0 Å². The molecule has 0 saturated carbocycles. The molecule has 0 radical (unpaired) electrons. The number of halogens is 2. The van der Waals surface area contributed by atoms with Gasteiger partial charge in [0.2, 0.25) is 0 Å². The second-order valence-corrected chi connectivity index (χ2v) is 8.14. The normalized spacial score (nSPS) is 12.0. The summed E-state index contributed by atoms with van der Waals surface area (Å²) in [7, 11) is 0. The molecule has 1 atom stereocenters. The molecule has 1 heterocycles. The van der Waals surface area contributed by atoms with Crippen molar-refractivity contribution in [3.8, 4) is 5.75 Å². The third-order valence-electron chi connectivity index (χ3n) is 4.12. The van der Waals surface area contributed by atoms with Crippen LogP contribution in [0.15, 0.2) is 60.3 Å². The minimum Gasteiger partial charge on any atom is -0.482 e. The summed E-state index contributed by atoms with van der Waals surface area (Å²) in [6.07, 6.45) is 1.56. The number of benzene rings is 2. The topological polar surface area (TPSA) is 39.9 Å². The van der Waals surface area contributed by atoms with Crippen molar-refractivity contribution in [2.75, 3.05) is 0 Å². The summed E-state index contributed by atoms with van der Waals surface area (Å²) in [5.74, 6) is 2.28. The number of aryl methyl sites for hydroxylation is 1. The van der Waals surface area contributed by atoms with E-state index in [1.165, 1.54) is 0 Å². The lowest BCUT2D eigenvalue weighted by molar-refractivity contribution is 0.209. The van der Waals surface area contributed by atoms with E-state index in [1.807, 2.05) is 67.0 Å². The molecule has 0 aliphatic rings. The molecule has 0 fully saturated rings. The second-order valence-electron chi connectivity index (χ2n) is 6.33. The number of thioether (sulfide) groups is 1. The summed E-state index contributed by atoms with van der Waals surface area (Å²) in [5, 5.41) is 11.0. The van der Waals surface area contributed by atoms with Crippen molar-refractivity contribution in [1.29, 1.82) is 0 Å². The first kappa shape index (κ1) is 20.8. The summed E-state index contributed by atoms with van der Waals surface area (Å²) in [4.78, 5) is 0. The van der Waals surface area contributed by atoms with Crippen LogP contribution in [0.3, 0.4) is 0 Å². The maximum absolute atomic E-state index is 6.12. The summed E-state index contributed by atoms with van der Waals surface area (Å²) in [6.45, 7) is 8.39. The Balaban J connectivity index is 1.78. The first-order valence-electron chi connectivity index (χ1n) is 8.82. The van der Waals surface area contributed by atoms with Crippen molar-refractivity contribution >= 4 is 35.0 Å². The lowest BCUT2D eigenvalue weighted by atomic mass is 10.2. The average molecular weight is 434 g/mol. The maximum atomic E-state index is 6.12. The Morgan fingerprint density at radius 2 is 1.96 bits per heavy atom. The molecule has 3 aromatic rings. The Morgan fingerprint density at radius 1 is 1.18 bits per heavy atom. The predicted molar refractivity (Wildman–Crippen MR) is 116 cm³/mol. The summed E-state index contributed by atoms with van der Waals surface area (Å²) >= 11 is 13.7. The minimum atomic E-state index is -0.271. The monoisotopic (exact) mass is 433 g/mol. The zero-order valence-electron chi connectivity index (χ0n) is 15.7. The molecular formula is C21H21Cl2N3OS. The second kappa shape index (κ2) is 9.50. The molecular weight excluding hydrogens is 413 g/mol. The van der Waals surface area contributed by atoms with E-state index in [9.17, 15) is 0 Å². The van der Waals surface area contributed by atoms with Gasteiger partial charge < -0.3 is 4.74 Å². The van der Waals surface area contributed by atoms with Gasteiger partial charge in [0.1, 0.15) is 5.75 Å². The highest BCUT2D eigenvalue weighted by molar-refractivity contribution is 7.98. The molecule has 0 N–H and O–H groups in total. The van der Waals surface area contributed by atoms with Crippen molar-refractivity contribution in [1.82, 2.24) is 14.8 Å². The number of rotatable bonds is 8. The quantitative estimate of drug-likeness (QED) is 0.299. The molecule has 4 nitrogen and oxygen atoms in total. The Labute approximate surface area is 179 Å². The van der Waals surface area contributed by atoms with E-state index in [0.29, 0.717) is 11.6 Å². The van der Waals surface area contributed by atoms with Crippen LogP contribution in [0.2, 0.25) is 10.0 Å². The Kier molecular flexibility index (Phi) is 7.05. The van der Waals surface area contributed by atoms with Crippen molar-refractivity contribution in [3.05, 3.63) is 82.1 Å². The fourth-order valence-corrected chi connectivity index (χ4v) is 4.11. The maximum Gasteiger partial charge on any atom is 0.191 e. The zero-order chi connectivity index (χ0) is 20.1. The molecule has 0 saturated heterocycles.